The Bertz CT molecular complexity index is 541. The number of rotatable bonds is 8. The molecule has 1 aromatic rings. The number of Topliss-reactive ketones (excluding diaryl/α,β-unsaturated/α-hetero) is 1. The molecule has 0 aliphatic rings. The van der Waals surface area contributed by atoms with E-state index in [1.54, 1.807) is 6.07 Å². The number of halogens is 4. The highest BCUT2D eigenvalue weighted by Gasteiger charge is 2.30. The van der Waals surface area contributed by atoms with Gasteiger partial charge >= 0.3 is 6.18 Å². The Morgan fingerprint density at radius 1 is 1.35 bits per heavy atom. The molecule has 0 saturated carbocycles. The minimum atomic E-state index is -4.19. The van der Waals surface area contributed by atoms with Crippen molar-refractivity contribution in [2.24, 2.45) is 5.92 Å². The summed E-state index contributed by atoms with van der Waals surface area (Å²) in [7, 11) is 1.49. The summed E-state index contributed by atoms with van der Waals surface area (Å²) in [5, 5.41) is 0. The smallest absolute Gasteiger partial charge is 0.389 e. The van der Waals surface area contributed by atoms with Crippen molar-refractivity contribution in [3.8, 4) is 5.75 Å². The summed E-state index contributed by atoms with van der Waals surface area (Å²) in [6.45, 7) is 3.53. The summed E-state index contributed by atoms with van der Waals surface area (Å²) in [6, 6.07) is 3.59. The van der Waals surface area contributed by atoms with Crippen molar-refractivity contribution in [2.45, 2.75) is 52.1 Å². The highest BCUT2D eigenvalue weighted by atomic mass is 79.9. The maximum Gasteiger partial charge on any atom is 0.389 e. The molecule has 0 fully saturated rings. The molecule has 0 heterocycles. The fraction of sp³-hybridized carbons (Fsp3) is 0.588. The van der Waals surface area contributed by atoms with Crippen LogP contribution in [0.2, 0.25) is 0 Å². The normalized spacial score (nSPS) is 13.0. The molecule has 6 heteroatoms. The summed E-state index contributed by atoms with van der Waals surface area (Å²) in [5.41, 5.74) is 1.36. The van der Waals surface area contributed by atoms with E-state index in [2.05, 4.69) is 15.9 Å². The molecule has 2 nitrogen and oxygen atoms in total. The second-order valence-electron chi connectivity index (χ2n) is 5.78. The van der Waals surface area contributed by atoms with E-state index in [1.807, 2.05) is 13.0 Å². The van der Waals surface area contributed by atoms with Crippen LogP contribution in [-0.4, -0.2) is 19.1 Å². The van der Waals surface area contributed by atoms with Gasteiger partial charge in [0.15, 0.2) is 5.78 Å². The van der Waals surface area contributed by atoms with Crippen molar-refractivity contribution in [3.63, 3.8) is 0 Å². The van der Waals surface area contributed by atoms with Crippen molar-refractivity contribution in [2.75, 3.05) is 7.11 Å². The largest absolute Gasteiger partial charge is 0.496 e. The lowest BCUT2D eigenvalue weighted by Crippen LogP contribution is -2.15. The Labute approximate surface area is 143 Å². The minimum absolute atomic E-state index is 0.0892. The molecule has 1 unspecified atom stereocenters. The lowest BCUT2D eigenvalue weighted by Gasteiger charge is -2.16. The molecular weight excluding hydrogens is 373 g/mol. The molecule has 130 valence electrons. The minimum Gasteiger partial charge on any atom is -0.496 e. The van der Waals surface area contributed by atoms with Gasteiger partial charge in [-0.1, -0.05) is 36.2 Å². The number of benzene rings is 1. The fourth-order valence-electron chi connectivity index (χ4n) is 2.58. The van der Waals surface area contributed by atoms with Crippen LogP contribution in [0.15, 0.2) is 16.6 Å². The van der Waals surface area contributed by atoms with Crippen LogP contribution in [0.1, 0.15) is 55.5 Å². The second kappa shape index (κ2) is 8.71. The van der Waals surface area contributed by atoms with Crippen LogP contribution < -0.4 is 4.74 Å². The molecular formula is C17H22BrF3O2. The number of hydrogen-bond donors (Lipinski definition) is 0. The lowest BCUT2D eigenvalue weighted by molar-refractivity contribution is -0.143. The molecule has 0 N–H and O–H groups in total. The van der Waals surface area contributed by atoms with Gasteiger partial charge in [0.25, 0.3) is 0 Å². The van der Waals surface area contributed by atoms with E-state index in [-0.39, 0.29) is 18.6 Å². The average molecular weight is 395 g/mol. The van der Waals surface area contributed by atoms with E-state index in [0.717, 1.165) is 22.9 Å². The number of carbonyl (C=O) groups excluding carboxylic acids is 1. The van der Waals surface area contributed by atoms with Gasteiger partial charge in [-0.15, -0.1) is 0 Å². The topological polar surface area (TPSA) is 26.3 Å². The third-order valence-electron chi connectivity index (χ3n) is 3.61. The van der Waals surface area contributed by atoms with Crippen LogP contribution in [0.4, 0.5) is 13.2 Å². The predicted molar refractivity (Wildman–Crippen MR) is 88.1 cm³/mol. The zero-order valence-electron chi connectivity index (χ0n) is 13.6. The summed E-state index contributed by atoms with van der Waals surface area (Å²) in [6.07, 6.45) is -3.17. The van der Waals surface area contributed by atoms with E-state index < -0.39 is 18.5 Å². The summed E-state index contributed by atoms with van der Waals surface area (Å²) < 4.78 is 43.2. The molecule has 1 aromatic carbocycles. The number of methoxy groups -OCH3 is 1. The van der Waals surface area contributed by atoms with Crippen molar-refractivity contribution in [1.82, 2.24) is 0 Å². The first-order valence-electron chi connectivity index (χ1n) is 7.64. The molecule has 0 spiro atoms. The first-order valence-corrected chi connectivity index (χ1v) is 8.43. The molecule has 0 aliphatic carbocycles. The average Bonchev–Trinajstić information content (AvgIpc) is 2.42. The molecule has 0 amide bonds. The highest BCUT2D eigenvalue weighted by Crippen LogP contribution is 2.32. The van der Waals surface area contributed by atoms with E-state index >= 15 is 0 Å². The number of alkyl halides is 3. The zero-order valence-corrected chi connectivity index (χ0v) is 15.2. The summed E-state index contributed by atoms with van der Waals surface area (Å²) in [4.78, 5) is 12.5. The van der Waals surface area contributed by atoms with Crippen molar-refractivity contribution < 1.29 is 22.7 Å². The van der Waals surface area contributed by atoms with E-state index in [4.69, 9.17) is 4.74 Å². The van der Waals surface area contributed by atoms with Gasteiger partial charge in [-0.25, -0.2) is 0 Å². The summed E-state index contributed by atoms with van der Waals surface area (Å²) >= 11 is 3.39. The van der Waals surface area contributed by atoms with Crippen LogP contribution >= 0.6 is 15.9 Å². The lowest BCUT2D eigenvalue weighted by atomic mass is 9.93. The predicted octanol–water partition coefficient (Wildman–Crippen LogP) is 5.96. The Morgan fingerprint density at radius 2 is 2.00 bits per heavy atom. The molecule has 0 aliphatic heterocycles. The van der Waals surface area contributed by atoms with Crippen molar-refractivity contribution in [1.29, 1.82) is 0 Å². The molecule has 0 aromatic heterocycles. The zero-order chi connectivity index (χ0) is 17.6. The molecule has 0 radical (unpaired) electrons. The van der Waals surface area contributed by atoms with Crippen molar-refractivity contribution >= 4 is 21.7 Å². The molecule has 1 rings (SSSR count). The van der Waals surface area contributed by atoms with Crippen LogP contribution in [0, 0.1) is 5.92 Å². The van der Waals surface area contributed by atoms with Gasteiger partial charge in [0, 0.05) is 17.3 Å². The van der Waals surface area contributed by atoms with Gasteiger partial charge in [-0.05, 0) is 36.5 Å². The van der Waals surface area contributed by atoms with Crippen LogP contribution in [-0.2, 0) is 6.42 Å². The van der Waals surface area contributed by atoms with Gasteiger partial charge in [0.05, 0.1) is 12.7 Å². The fourth-order valence-corrected chi connectivity index (χ4v) is 3.06. The van der Waals surface area contributed by atoms with E-state index in [9.17, 15) is 18.0 Å². The molecule has 1 atom stereocenters. The first-order chi connectivity index (χ1) is 10.7. The van der Waals surface area contributed by atoms with Gasteiger partial charge < -0.3 is 4.74 Å². The molecule has 23 heavy (non-hydrogen) atoms. The van der Waals surface area contributed by atoms with Gasteiger partial charge in [-0.3, -0.25) is 4.79 Å². The Kier molecular flexibility index (Phi) is 7.58. The summed E-state index contributed by atoms with van der Waals surface area (Å²) in [5.74, 6) is -0.266. The number of ether oxygens (including phenoxy) is 1. The van der Waals surface area contributed by atoms with Gasteiger partial charge in [0.1, 0.15) is 5.75 Å². The Hall–Kier alpha value is -1.04. The first kappa shape index (κ1) is 20.0. The monoisotopic (exact) mass is 394 g/mol. The number of hydrogen-bond acceptors (Lipinski definition) is 2. The third-order valence-corrected chi connectivity index (χ3v) is 4.07. The highest BCUT2D eigenvalue weighted by molar-refractivity contribution is 9.10. The SMILES string of the molecule is CCCc1cc(Br)cc(OC)c1C(=O)CCC(C)CC(F)(F)F. The van der Waals surface area contributed by atoms with Crippen molar-refractivity contribution in [3.05, 3.63) is 27.7 Å². The Balaban J connectivity index is 2.90. The number of ketones is 1. The molecule has 0 bridgehead atoms. The number of carbonyl (C=O) groups is 1. The number of aryl methyl sites for hydroxylation is 1. The van der Waals surface area contributed by atoms with Gasteiger partial charge in [0.2, 0.25) is 0 Å². The van der Waals surface area contributed by atoms with Crippen LogP contribution in [0.5, 0.6) is 5.75 Å². The third kappa shape index (κ3) is 6.53. The van der Waals surface area contributed by atoms with Gasteiger partial charge in [-0.2, -0.15) is 13.2 Å². The second-order valence-corrected chi connectivity index (χ2v) is 6.69. The van der Waals surface area contributed by atoms with Crippen LogP contribution in [0.25, 0.3) is 0 Å². The Morgan fingerprint density at radius 3 is 2.52 bits per heavy atom. The quantitative estimate of drug-likeness (QED) is 0.508. The van der Waals surface area contributed by atoms with Crippen LogP contribution in [0.3, 0.4) is 0 Å². The maximum absolute atomic E-state index is 12.5. The van der Waals surface area contributed by atoms with E-state index in [1.165, 1.54) is 14.0 Å². The van der Waals surface area contributed by atoms with E-state index in [0.29, 0.717) is 11.3 Å². The standard InChI is InChI=1S/C17H22BrF3O2/c1-4-5-12-8-13(18)9-15(23-3)16(12)14(22)7-6-11(2)10-17(19,20)21/h8-9,11H,4-7,10H2,1-3H3. The maximum atomic E-state index is 12.5. The molecule has 0 saturated heterocycles.